The lowest BCUT2D eigenvalue weighted by Gasteiger charge is -2.07. The van der Waals surface area contributed by atoms with Crippen LogP contribution < -0.4 is 4.74 Å². The lowest BCUT2D eigenvalue weighted by molar-refractivity contribution is 0.0600. The molecule has 1 aromatic rings. The minimum absolute atomic E-state index is 0.314. The predicted molar refractivity (Wildman–Crippen MR) is 99.7 cm³/mol. The third-order valence-electron chi connectivity index (χ3n) is 4.22. The van der Waals surface area contributed by atoms with Crippen LogP contribution in [0.3, 0.4) is 0 Å². The zero-order valence-corrected chi connectivity index (χ0v) is 15.7. The van der Waals surface area contributed by atoms with Gasteiger partial charge in [-0.25, -0.2) is 4.79 Å². The van der Waals surface area contributed by atoms with E-state index < -0.39 is 0 Å². The lowest BCUT2D eigenvalue weighted by Crippen LogP contribution is -2.01. The van der Waals surface area contributed by atoms with Gasteiger partial charge in [0.1, 0.15) is 5.75 Å². The summed E-state index contributed by atoms with van der Waals surface area (Å²) in [5.74, 6) is 1.35. The Hall–Kier alpha value is -1.51. The monoisotopic (exact) mass is 334 g/mol. The van der Waals surface area contributed by atoms with Gasteiger partial charge in [-0.2, -0.15) is 0 Å². The fourth-order valence-electron chi connectivity index (χ4n) is 2.71. The van der Waals surface area contributed by atoms with Crippen molar-refractivity contribution in [2.75, 3.05) is 13.7 Å². The van der Waals surface area contributed by atoms with E-state index in [1.165, 1.54) is 58.5 Å². The van der Waals surface area contributed by atoms with Crippen LogP contribution in [0.4, 0.5) is 0 Å². The van der Waals surface area contributed by atoms with E-state index in [1.807, 2.05) is 12.1 Å². The molecule has 0 aliphatic rings. The molecule has 0 aromatic heterocycles. The Balaban J connectivity index is 1.96. The Labute approximate surface area is 147 Å². The fourth-order valence-corrected chi connectivity index (χ4v) is 2.71. The Morgan fingerprint density at radius 2 is 1.42 bits per heavy atom. The zero-order chi connectivity index (χ0) is 17.6. The Kier molecular flexibility index (Phi) is 11.0. The second-order valence-electron chi connectivity index (χ2n) is 6.88. The van der Waals surface area contributed by atoms with Gasteiger partial charge in [-0.1, -0.05) is 65.2 Å². The second-order valence-corrected chi connectivity index (χ2v) is 6.88. The van der Waals surface area contributed by atoms with Crippen LogP contribution in [0, 0.1) is 5.92 Å². The molecule has 136 valence electrons. The molecule has 3 heteroatoms. The number of unbranched alkanes of at least 4 members (excludes halogenated alkanes) is 7. The Morgan fingerprint density at radius 3 is 1.96 bits per heavy atom. The SMILES string of the molecule is COC(=O)c1ccc(OCCCCCCCCCCC(C)C)cc1. The molecule has 0 N–H and O–H groups in total. The summed E-state index contributed by atoms with van der Waals surface area (Å²) in [7, 11) is 1.39. The molecule has 1 aromatic carbocycles. The van der Waals surface area contributed by atoms with Crippen molar-refractivity contribution in [3.8, 4) is 5.75 Å². The normalized spacial score (nSPS) is 10.8. The van der Waals surface area contributed by atoms with Gasteiger partial charge in [0.05, 0.1) is 19.3 Å². The van der Waals surface area contributed by atoms with Crippen LogP contribution in [0.25, 0.3) is 0 Å². The molecular weight excluding hydrogens is 300 g/mol. The highest BCUT2D eigenvalue weighted by molar-refractivity contribution is 5.89. The van der Waals surface area contributed by atoms with Crippen LogP contribution in [-0.4, -0.2) is 19.7 Å². The molecule has 0 heterocycles. The van der Waals surface area contributed by atoms with Gasteiger partial charge >= 0.3 is 5.97 Å². The summed E-state index contributed by atoms with van der Waals surface area (Å²) in [5.41, 5.74) is 0.554. The molecule has 24 heavy (non-hydrogen) atoms. The molecule has 0 bridgehead atoms. The third-order valence-corrected chi connectivity index (χ3v) is 4.22. The first-order valence-corrected chi connectivity index (χ1v) is 9.44. The largest absolute Gasteiger partial charge is 0.494 e. The first-order chi connectivity index (χ1) is 11.6. The topological polar surface area (TPSA) is 35.5 Å². The highest BCUT2D eigenvalue weighted by Gasteiger charge is 2.04. The van der Waals surface area contributed by atoms with Crippen molar-refractivity contribution in [1.82, 2.24) is 0 Å². The van der Waals surface area contributed by atoms with Gasteiger partial charge in [-0.15, -0.1) is 0 Å². The fraction of sp³-hybridized carbons (Fsp3) is 0.667. The van der Waals surface area contributed by atoms with E-state index in [4.69, 9.17) is 4.74 Å². The lowest BCUT2D eigenvalue weighted by atomic mass is 10.0. The van der Waals surface area contributed by atoms with Gasteiger partial charge in [-0.3, -0.25) is 0 Å². The number of rotatable bonds is 13. The van der Waals surface area contributed by atoms with E-state index in [9.17, 15) is 4.79 Å². The van der Waals surface area contributed by atoms with Crippen LogP contribution >= 0.6 is 0 Å². The summed E-state index contributed by atoms with van der Waals surface area (Å²) < 4.78 is 10.4. The quantitative estimate of drug-likeness (QED) is 0.327. The maximum Gasteiger partial charge on any atom is 0.337 e. The van der Waals surface area contributed by atoms with Gasteiger partial charge in [0.15, 0.2) is 0 Å². The number of carbonyl (C=O) groups is 1. The standard InChI is InChI=1S/C21H34O3/c1-18(2)12-10-8-6-4-5-7-9-11-17-24-20-15-13-19(14-16-20)21(22)23-3/h13-16,18H,4-12,17H2,1-3H3. The zero-order valence-electron chi connectivity index (χ0n) is 15.7. The van der Waals surface area contributed by atoms with Crippen molar-refractivity contribution in [3.05, 3.63) is 29.8 Å². The molecule has 3 nitrogen and oxygen atoms in total. The molecule has 0 fully saturated rings. The molecule has 0 unspecified atom stereocenters. The number of hydrogen-bond acceptors (Lipinski definition) is 3. The minimum Gasteiger partial charge on any atom is -0.494 e. The van der Waals surface area contributed by atoms with Crippen LogP contribution in [0.5, 0.6) is 5.75 Å². The number of hydrogen-bond donors (Lipinski definition) is 0. The van der Waals surface area contributed by atoms with Crippen LogP contribution in [0.15, 0.2) is 24.3 Å². The molecule has 1 rings (SSSR count). The Bertz CT molecular complexity index is 437. The van der Waals surface area contributed by atoms with Crippen LogP contribution in [0.1, 0.15) is 82.0 Å². The number of methoxy groups -OCH3 is 1. The molecule has 0 atom stereocenters. The van der Waals surface area contributed by atoms with Crippen molar-refractivity contribution in [3.63, 3.8) is 0 Å². The summed E-state index contributed by atoms with van der Waals surface area (Å²) >= 11 is 0. The first-order valence-electron chi connectivity index (χ1n) is 9.44. The van der Waals surface area contributed by atoms with E-state index in [0.717, 1.165) is 24.7 Å². The maximum atomic E-state index is 11.3. The van der Waals surface area contributed by atoms with Crippen molar-refractivity contribution in [2.45, 2.75) is 71.6 Å². The summed E-state index contributed by atoms with van der Waals surface area (Å²) in [5, 5.41) is 0. The third kappa shape index (κ3) is 9.59. The number of esters is 1. The maximum absolute atomic E-state index is 11.3. The highest BCUT2D eigenvalue weighted by Crippen LogP contribution is 2.15. The summed E-state index contributed by atoms with van der Waals surface area (Å²) in [4.78, 5) is 11.3. The van der Waals surface area contributed by atoms with Gasteiger partial charge in [-0.05, 0) is 36.6 Å². The molecule has 0 aliphatic heterocycles. The average Bonchev–Trinajstić information content (AvgIpc) is 2.59. The summed E-state index contributed by atoms with van der Waals surface area (Å²) in [6, 6.07) is 7.12. The summed E-state index contributed by atoms with van der Waals surface area (Å²) in [6.45, 7) is 5.34. The first kappa shape index (κ1) is 20.5. The van der Waals surface area contributed by atoms with E-state index in [0.29, 0.717) is 5.56 Å². The van der Waals surface area contributed by atoms with Crippen molar-refractivity contribution < 1.29 is 14.3 Å². The van der Waals surface area contributed by atoms with Crippen molar-refractivity contribution in [2.24, 2.45) is 5.92 Å². The molecule has 0 amide bonds. The van der Waals surface area contributed by atoms with Crippen LogP contribution in [-0.2, 0) is 4.74 Å². The van der Waals surface area contributed by atoms with E-state index >= 15 is 0 Å². The molecular formula is C21H34O3. The predicted octanol–water partition coefficient (Wildman–Crippen LogP) is 6.02. The number of benzene rings is 1. The van der Waals surface area contributed by atoms with Crippen molar-refractivity contribution >= 4 is 5.97 Å². The second kappa shape index (κ2) is 12.9. The Morgan fingerprint density at radius 1 is 0.875 bits per heavy atom. The molecule has 0 saturated heterocycles. The van der Waals surface area contributed by atoms with Gasteiger partial charge in [0.25, 0.3) is 0 Å². The smallest absolute Gasteiger partial charge is 0.337 e. The van der Waals surface area contributed by atoms with Gasteiger partial charge < -0.3 is 9.47 Å². The van der Waals surface area contributed by atoms with E-state index in [1.54, 1.807) is 12.1 Å². The van der Waals surface area contributed by atoms with Crippen LogP contribution in [0.2, 0.25) is 0 Å². The average molecular weight is 334 g/mol. The highest BCUT2D eigenvalue weighted by atomic mass is 16.5. The number of ether oxygens (including phenoxy) is 2. The molecule has 0 saturated carbocycles. The molecule has 0 spiro atoms. The van der Waals surface area contributed by atoms with E-state index in [2.05, 4.69) is 18.6 Å². The van der Waals surface area contributed by atoms with Crippen molar-refractivity contribution in [1.29, 1.82) is 0 Å². The number of carbonyl (C=O) groups excluding carboxylic acids is 1. The van der Waals surface area contributed by atoms with E-state index in [-0.39, 0.29) is 5.97 Å². The molecule has 0 radical (unpaired) electrons. The van der Waals surface area contributed by atoms with Gasteiger partial charge in [0, 0.05) is 0 Å². The molecule has 0 aliphatic carbocycles. The summed E-state index contributed by atoms with van der Waals surface area (Å²) in [6.07, 6.45) is 11.9. The minimum atomic E-state index is -0.314. The van der Waals surface area contributed by atoms with Gasteiger partial charge in [0.2, 0.25) is 0 Å².